The molecule has 0 bridgehead atoms. The Balaban J connectivity index is 0.00000200. The van der Waals surface area contributed by atoms with Gasteiger partial charge in [0.25, 0.3) is 5.91 Å². The third kappa shape index (κ3) is 4.30. The summed E-state index contributed by atoms with van der Waals surface area (Å²) in [5.74, 6) is 0.261. The van der Waals surface area contributed by atoms with Crippen molar-refractivity contribution in [3.8, 4) is 0 Å². The van der Waals surface area contributed by atoms with E-state index in [4.69, 9.17) is 0 Å². The first-order chi connectivity index (χ1) is 9.11. The van der Waals surface area contributed by atoms with Crippen LogP contribution in [0.3, 0.4) is 0 Å². The Morgan fingerprint density at radius 2 is 2.10 bits per heavy atom. The lowest BCUT2D eigenvalue weighted by atomic mass is 9.96. The number of hydrogen-bond acceptors (Lipinski definition) is 2. The minimum atomic E-state index is -0.323. The number of nitrogens with zero attached hydrogens (tertiary/aromatic N) is 1. The zero-order valence-corrected chi connectivity index (χ0v) is 14.3. The van der Waals surface area contributed by atoms with Crippen LogP contribution in [-0.2, 0) is 0 Å². The molecule has 0 spiro atoms. The van der Waals surface area contributed by atoms with E-state index in [0.717, 1.165) is 32.5 Å². The molecule has 0 aromatic heterocycles. The first-order valence-corrected chi connectivity index (χ1v) is 7.58. The van der Waals surface area contributed by atoms with E-state index < -0.39 is 0 Å². The van der Waals surface area contributed by atoms with Gasteiger partial charge in [-0.1, -0.05) is 0 Å². The number of piperidine rings is 1. The number of likely N-dealkylation sites (tertiary alicyclic amines) is 1. The summed E-state index contributed by atoms with van der Waals surface area (Å²) in [7, 11) is 1.95. The minimum absolute atomic E-state index is 0. The number of carbonyl (C=O) groups excluding carboxylic acids is 1. The highest BCUT2D eigenvalue weighted by atomic mass is 127. The van der Waals surface area contributed by atoms with Gasteiger partial charge in [-0.3, -0.25) is 4.79 Å². The van der Waals surface area contributed by atoms with E-state index in [1.54, 1.807) is 12.1 Å². The molecule has 3 nitrogen and oxygen atoms in total. The lowest BCUT2D eigenvalue weighted by molar-refractivity contribution is 0.0690. The van der Waals surface area contributed by atoms with Crippen molar-refractivity contribution in [3.05, 3.63) is 33.1 Å². The van der Waals surface area contributed by atoms with Crippen LogP contribution in [0.2, 0.25) is 0 Å². The molecule has 1 heterocycles. The fourth-order valence-electron chi connectivity index (χ4n) is 2.44. The average molecular weight is 413 g/mol. The zero-order valence-electron chi connectivity index (χ0n) is 11.4. The summed E-state index contributed by atoms with van der Waals surface area (Å²) >= 11 is 1.92. The van der Waals surface area contributed by atoms with Gasteiger partial charge in [-0.25, -0.2) is 4.39 Å². The summed E-state index contributed by atoms with van der Waals surface area (Å²) in [6.45, 7) is 2.53. The summed E-state index contributed by atoms with van der Waals surface area (Å²) in [5, 5.41) is 3.17. The Morgan fingerprint density at radius 1 is 1.45 bits per heavy atom. The number of benzene rings is 1. The highest BCUT2D eigenvalue weighted by molar-refractivity contribution is 14.1. The topological polar surface area (TPSA) is 32.3 Å². The number of rotatable bonds is 3. The smallest absolute Gasteiger partial charge is 0.253 e. The van der Waals surface area contributed by atoms with E-state index in [1.165, 1.54) is 6.07 Å². The Labute approximate surface area is 138 Å². The van der Waals surface area contributed by atoms with Crippen molar-refractivity contribution in [2.45, 2.75) is 12.8 Å². The van der Waals surface area contributed by atoms with Gasteiger partial charge in [-0.15, -0.1) is 12.4 Å². The zero-order chi connectivity index (χ0) is 13.8. The van der Waals surface area contributed by atoms with Crippen molar-refractivity contribution in [1.29, 1.82) is 0 Å². The maximum atomic E-state index is 13.5. The molecule has 0 unspecified atom stereocenters. The number of amides is 1. The van der Waals surface area contributed by atoms with Gasteiger partial charge in [0.05, 0.1) is 0 Å². The largest absolute Gasteiger partial charge is 0.339 e. The fourth-order valence-corrected chi connectivity index (χ4v) is 2.78. The van der Waals surface area contributed by atoms with Crippen LogP contribution in [0, 0.1) is 15.3 Å². The summed E-state index contributed by atoms with van der Waals surface area (Å²) in [5.41, 5.74) is 0.449. The van der Waals surface area contributed by atoms with Crippen molar-refractivity contribution in [3.63, 3.8) is 0 Å². The lowest BCUT2D eigenvalue weighted by Crippen LogP contribution is -2.40. The maximum Gasteiger partial charge on any atom is 0.253 e. The molecule has 20 heavy (non-hydrogen) atoms. The Hall–Kier alpha value is -0.400. The van der Waals surface area contributed by atoms with Crippen LogP contribution in [0.4, 0.5) is 4.39 Å². The van der Waals surface area contributed by atoms with Crippen molar-refractivity contribution < 1.29 is 9.18 Å². The van der Waals surface area contributed by atoms with E-state index in [-0.39, 0.29) is 24.1 Å². The first kappa shape index (κ1) is 17.7. The highest BCUT2D eigenvalue weighted by Gasteiger charge is 2.23. The molecule has 2 rings (SSSR count). The highest BCUT2D eigenvalue weighted by Crippen LogP contribution is 2.20. The monoisotopic (exact) mass is 412 g/mol. The molecule has 1 aliphatic heterocycles. The van der Waals surface area contributed by atoms with Crippen LogP contribution < -0.4 is 5.32 Å². The number of nitrogens with one attached hydrogen (secondary N) is 1. The summed E-state index contributed by atoms with van der Waals surface area (Å²) in [4.78, 5) is 14.1. The van der Waals surface area contributed by atoms with Crippen LogP contribution in [0.25, 0.3) is 0 Å². The van der Waals surface area contributed by atoms with Gasteiger partial charge >= 0.3 is 0 Å². The molecule has 1 fully saturated rings. The van der Waals surface area contributed by atoms with Crippen molar-refractivity contribution >= 4 is 40.9 Å². The predicted octanol–water partition coefficient (Wildman–Crippen LogP) is 2.92. The summed E-state index contributed by atoms with van der Waals surface area (Å²) in [6, 6.07) is 4.69. The molecule has 0 saturated carbocycles. The van der Waals surface area contributed by atoms with Crippen LogP contribution in [-0.4, -0.2) is 37.5 Å². The quantitative estimate of drug-likeness (QED) is 0.774. The van der Waals surface area contributed by atoms with Gasteiger partial charge in [0.1, 0.15) is 5.82 Å². The van der Waals surface area contributed by atoms with Crippen LogP contribution >= 0.6 is 35.0 Å². The Morgan fingerprint density at radius 3 is 2.65 bits per heavy atom. The molecule has 0 atom stereocenters. The molecule has 0 radical (unpaired) electrons. The predicted molar refractivity (Wildman–Crippen MR) is 88.9 cm³/mol. The number of halogens is 3. The Kier molecular flexibility index (Phi) is 7.19. The maximum absolute atomic E-state index is 13.5. The van der Waals surface area contributed by atoms with Gasteiger partial charge in [0.2, 0.25) is 0 Å². The first-order valence-electron chi connectivity index (χ1n) is 6.50. The molecule has 1 saturated heterocycles. The third-order valence-corrected chi connectivity index (χ3v) is 4.44. The third-order valence-electron chi connectivity index (χ3n) is 3.56. The van der Waals surface area contributed by atoms with Crippen molar-refractivity contribution in [2.75, 3.05) is 26.7 Å². The standard InChI is InChI=1S/C14H18FIN2O.ClH/c1-17-9-10-4-6-18(7-5-10)14(19)11-2-3-13(16)12(15)8-11;/h2-3,8,10,17H,4-7,9H2,1H3;1H. The van der Waals surface area contributed by atoms with E-state index in [2.05, 4.69) is 5.32 Å². The van der Waals surface area contributed by atoms with E-state index in [9.17, 15) is 9.18 Å². The average Bonchev–Trinajstić information content (AvgIpc) is 2.42. The van der Waals surface area contributed by atoms with E-state index in [0.29, 0.717) is 15.1 Å². The molecule has 6 heteroatoms. The van der Waals surface area contributed by atoms with Crippen LogP contribution in [0.5, 0.6) is 0 Å². The van der Waals surface area contributed by atoms with Crippen molar-refractivity contribution in [1.82, 2.24) is 10.2 Å². The molecule has 1 aromatic carbocycles. The second-order valence-electron chi connectivity index (χ2n) is 4.92. The molecular weight excluding hydrogens is 394 g/mol. The molecule has 1 aromatic rings. The minimum Gasteiger partial charge on any atom is -0.339 e. The number of hydrogen-bond donors (Lipinski definition) is 1. The summed E-state index contributed by atoms with van der Waals surface area (Å²) in [6.07, 6.45) is 2.03. The molecule has 0 aliphatic carbocycles. The van der Waals surface area contributed by atoms with E-state index in [1.807, 2.05) is 34.5 Å². The molecular formula is C14H19ClFIN2O. The Bertz CT molecular complexity index is 464. The lowest BCUT2D eigenvalue weighted by Gasteiger charge is -2.32. The van der Waals surface area contributed by atoms with Gasteiger partial charge < -0.3 is 10.2 Å². The second-order valence-corrected chi connectivity index (χ2v) is 6.08. The van der Waals surface area contributed by atoms with Gasteiger partial charge in [-0.2, -0.15) is 0 Å². The summed E-state index contributed by atoms with van der Waals surface area (Å²) < 4.78 is 14.0. The fraction of sp³-hybridized carbons (Fsp3) is 0.500. The SMILES string of the molecule is CNCC1CCN(C(=O)c2ccc(I)c(F)c2)CC1.Cl. The molecule has 1 N–H and O–H groups in total. The van der Waals surface area contributed by atoms with Crippen LogP contribution in [0.15, 0.2) is 18.2 Å². The molecule has 112 valence electrons. The normalized spacial score (nSPS) is 15.8. The molecule has 1 amide bonds. The van der Waals surface area contributed by atoms with Gasteiger partial charge in [0, 0.05) is 22.2 Å². The van der Waals surface area contributed by atoms with Crippen LogP contribution in [0.1, 0.15) is 23.2 Å². The van der Waals surface area contributed by atoms with Crippen molar-refractivity contribution in [2.24, 2.45) is 5.92 Å². The second kappa shape index (κ2) is 8.14. The number of carbonyl (C=O) groups is 1. The van der Waals surface area contributed by atoms with Gasteiger partial charge in [0.15, 0.2) is 0 Å². The molecule has 1 aliphatic rings. The van der Waals surface area contributed by atoms with E-state index >= 15 is 0 Å². The van der Waals surface area contributed by atoms with Gasteiger partial charge in [-0.05, 0) is 73.1 Å².